The van der Waals surface area contributed by atoms with E-state index in [2.05, 4.69) is 26.0 Å². The first-order chi connectivity index (χ1) is 9.15. The number of nitrogens with two attached hydrogens (primary N) is 1. The van der Waals surface area contributed by atoms with E-state index in [1.165, 1.54) is 0 Å². The number of anilines is 1. The number of carbonyl (C=O) groups is 1. The maximum absolute atomic E-state index is 11.3. The van der Waals surface area contributed by atoms with Crippen molar-refractivity contribution in [3.05, 3.63) is 22.7 Å². The molecule has 5 nitrogen and oxygen atoms in total. The topological polar surface area (TPSA) is 72.4 Å². The van der Waals surface area contributed by atoms with Gasteiger partial charge in [0, 0.05) is 17.6 Å². The Morgan fingerprint density at radius 2 is 2.37 bits per heavy atom. The van der Waals surface area contributed by atoms with Gasteiger partial charge in [-0.3, -0.25) is 4.79 Å². The number of aromatic nitrogens is 1. The number of carbonyl (C=O) groups excluding carboxylic acids is 1. The molecule has 1 atom stereocenters. The Hall–Kier alpha value is -1.56. The van der Waals surface area contributed by atoms with E-state index in [0.717, 1.165) is 40.6 Å². The maximum Gasteiger partial charge on any atom is 0.222 e. The molecule has 2 N–H and O–H groups in total. The minimum absolute atomic E-state index is 0.104. The van der Waals surface area contributed by atoms with Crippen LogP contribution in [0.3, 0.4) is 0 Å². The molecule has 1 saturated heterocycles. The Balaban J connectivity index is 1.95. The minimum atomic E-state index is -0.237. The molecule has 0 radical (unpaired) electrons. The fourth-order valence-electron chi connectivity index (χ4n) is 2.53. The van der Waals surface area contributed by atoms with Gasteiger partial charge in [0.05, 0.1) is 11.3 Å². The summed E-state index contributed by atoms with van der Waals surface area (Å²) < 4.78 is 6.30. The first-order valence-corrected chi connectivity index (χ1v) is 7.03. The van der Waals surface area contributed by atoms with Crippen LogP contribution in [-0.2, 0) is 4.79 Å². The highest BCUT2D eigenvalue weighted by Crippen LogP contribution is 2.31. The number of piperidine rings is 1. The van der Waals surface area contributed by atoms with Crippen LogP contribution in [-0.4, -0.2) is 24.2 Å². The average Bonchev–Trinajstić information content (AvgIpc) is 2.81. The molecule has 1 aliphatic heterocycles. The maximum atomic E-state index is 11.3. The van der Waals surface area contributed by atoms with Crippen molar-refractivity contribution in [1.82, 2.24) is 5.16 Å². The van der Waals surface area contributed by atoms with Crippen molar-refractivity contribution in [3.63, 3.8) is 0 Å². The second kappa shape index (κ2) is 4.85. The van der Waals surface area contributed by atoms with Crippen LogP contribution >= 0.6 is 15.9 Å². The second-order valence-corrected chi connectivity index (χ2v) is 5.75. The Bertz CT molecular complexity index is 625. The fourth-order valence-corrected chi connectivity index (χ4v) is 2.89. The molecular weight excluding hydrogens is 310 g/mol. The molecule has 0 bridgehead atoms. The summed E-state index contributed by atoms with van der Waals surface area (Å²) in [4.78, 5) is 13.4. The molecule has 0 unspecified atom stereocenters. The summed E-state index contributed by atoms with van der Waals surface area (Å²) >= 11 is 3.45. The van der Waals surface area contributed by atoms with Crippen LogP contribution in [0.1, 0.15) is 12.8 Å². The smallest absolute Gasteiger partial charge is 0.222 e. The Morgan fingerprint density at radius 3 is 3.16 bits per heavy atom. The third-order valence-corrected chi connectivity index (χ3v) is 4.03. The molecule has 2 heterocycles. The van der Waals surface area contributed by atoms with E-state index in [0.29, 0.717) is 6.54 Å². The zero-order valence-electron chi connectivity index (χ0n) is 10.3. The Morgan fingerprint density at radius 1 is 1.53 bits per heavy atom. The Labute approximate surface area is 118 Å². The molecule has 3 rings (SSSR count). The summed E-state index contributed by atoms with van der Waals surface area (Å²) in [6.07, 6.45) is 1.79. The molecule has 0 spiro atoms. The van der Waals surface area contributed by atoms with Crippen molar-refractivity contribution in [2.45, 2.75) is 12.8 Å². The van der Waals surface area contributed by atoms with Gasteiger partial charge in [-0.1, -0.05) is 21.1 Å². The van der Waals surface area contributed by atoms with Crippen molar-refractivity contribution in [1.29, 1.82) is 0 Å². The van der Waals surface area contributed by atoms with Crippen LogP contribution in [0.15, 0.2) is 27.2 Å². The summed E-state index contributed by atoms with van der Waals surface area (Å²) in [5.41, 5.74) is 6.15. The van der Waals surface area contributed by atoms with Crippen molar-refractivity contribution in [2.75, 3.05) is 18.0 Å². The Kier molecular flexibility index (Phi) is 3.18. The van der Waals surface area contributed by atoms with Gasteiger partial charge in [-0.05, 0) is 31.0 Å². The van der Waals surface area contributed by atoms with Gasteiger partial charge in [0.25, 0.3) is 0 Å². The van der Waals surface area contributed by atoms with Crippen molar-refractivity contribution in [2.24, 2.45) is 11.7 Å². The van der Waals surface area contributed by atoms with E-state index in [1.54, 1.807) is 0 Å². The van der Waals surface area contributed by atoms with Crippen LogP contribution in [0.2, 0.25) is 0 Å². The predicted molar refractivity (Wildman–Crippen MR) is 75.8 cm³/mol. The third-order valence-electron chi connectivity index (χ3n) is 3.54. The highest BCUT2D eigenvalue weighted by Gasteiger charge is 2.26. The molecule has 6 heteroatoms. The average molecular weight is 324 g/mol. The van der Waals surface area contributed by atoms with Gasteiger partial charge in [-0.15, -0.1) is 0 Å². The molecule has 100 valence electrons. The van der Waals surface area contributed by atoms with Gasteiger partial charge in [0.1, 0.15) is 0 Å². The standard InChI is InChI=1S/C13H14BrN3O2/c14-9-3-4-11-10(6-9)13(16-19-11)17-5-1-2-8(7-17)12(15)18/h3-4,6,8H,1-2,5,7H2,(H2,15,18)/t8-/m0/s1. The molecule has 1 fully saturated rings. The third kappa shape index (κ3) is 2.32. The van der Waals surface area contributed by atoms with Crippen LogP contribution in [0.4, 0.5) is 5.82 Å². The minimum Gasteiger partial charge on any atom is -0.369 e. The summed E-state index contributed by atoms with van der Waals surface area (Å²) in [6.45, 7) is 1.49. The van der Waals surface area contributed by atoms with Crippen LogP contribution in [0, 0.1) is 5.92 Å². The highest BCUT2D eigenvalue weighted by atomic mass is 79.9. The zero-order chi connectivity index (χ0) is 13.4. The van der Waals surface area contributed by atoms with Crippen LogP contribution in [0.25, 0.3) is 11.0 Å². The largest absolute Gasteiger partial charge is 0.369 e. The van der Waals surface area contributed by atoms with Gasteiger partial charge in [0.2, 0.25) is 5.91 Å². The predicted octanol–water partition coefficient (Wildman–Crippen LogP) is 2.29. The summed E-state index contributed by atoms with van der Waals surface area (Å²) in [5, 5.41) is 5.09. The van der Waals surface area contributed by atoms with E-state index in [-0.39, 0.29) is 11.8 Å². The lowest BCUT2D eigenvalue weighted by Gasteiger charge is -2.31. The van der Waals surface area contributed by atoms with E-state index in [9.17, 15) is 4.79 Å². The number of nitrogens with zero attached hydrogens (tertiary/aromatic N) is 2. The first kappa shape index (κ1) is 12.5. The lowest BCUT2D eigenvalue weighted by molar-refractivity contribution is -0.122. The molecule has 0 aliphatic carbocycles. The SMILES string of the molecule is NC(=O)[C@H]1CCCN(c2noc3ccc(Br)cc23)C1. The number of hydrogen-bond acceptors (Lipinski definition) is 4. The summed E-state index contributed by atoms with van der Waals surface area (Å²) in [5.74, 6) is 0.452. The van der Waals surface area contributed by atoms with E-state index < -0.39 is 0 Å². The molecule has 1 aromatic heterocycles. The number of primary amides is 1. The molecule has 2 aromatic rings. The van der Waals surface area contributed by atoms with Crippen molar-refractivity contribution < 1.29 is 9.32 Å². The van der Waals surface area contributed by atoms with E-state index in [4.69, 9.17) is 10.3 Å². The lowest BCUT2D eigenvalue weighted by Crippen LogP contribution is -2.41. The van der Waals surface area contributed by atoms with Crippen molar-refractivity contribution >= 4 is 38.6 Å². The summed E-state index contributed by atoms with van der Waals surface area (Å²) in [6, 6.07) is 5.78. The van der Waals surface area contributed by atoms with E-state index >= 15 is 0 Å². The molecule has 1 amide bonds. The second-order valence-electron chi connectivity index (χ2n) is 4.83. The van der Waals surface area contributed by atoms with Gasteiger partial charge in [-0.25, -0.2) is 0 Å². The normalized spacial score (nSPS) is 19.8. The van der Waals surface area contributed by atoms with Crippen LogP contribution in [0.5, 0.6) is 0 Å². The van der Waals surface area contributed by atoms with Gasteiger partial charge >= 0.3 is 0 Å². The van der Waals surface area contributed by atoms with Gasteiger partial charge < -0.3 is 15.2 Å². The quantitative estimate of drug-likeness (QED) is 0.920. The van der Waals surface area contributed by atoms with Crippen molar-refractivity contribution in [3.8, 4) is 0 Å². The van der Waals surface area contributed by atoms with Gasteiger partial charge in [-0.2, -0.15) is 0 Å². The highest BCUT2D eigenvalue weighted by molar-refractivity contribution is 9.10. The van der Waals surface area contributed by atoms with Gasteiger partial charge in [0.15, 0.2) is 11.4 Å². The van der Waals surface area contributed by atoms with Crippen LogP contribution < -0.4 is 10.6 Å². The number of amides is 1. The molecule has 1 aromatic carbocycles. The molecule has 0 saturated carbocycles. The number of benzene rings is 1. The molecule has 19 heavy (non-hydrogen) atoms. The molecular formula is C13H14BrN3O2. The number of rotatable bonds is 2. The zero-order valence-corrected chi connectivity index (χ0v) is 11.9. The van der Waals surface area contributed by atoms with E-state index in [1.807, 2.05) is 18.2 Å². The summed E-state index contributed by atoms with van der Waals surface area (Å²) in [7, 11) is 0. The lowest BCUT2D eigenvalue weighted by atomic mass is 9.97. The first-order valence-electron chi connectivity index (χ1n) is 6.24. The molecule has 1 aliphatic rings. The number of halogens is 1. The number of fused-ring (bicyclic) bond motifs is 1. The monoisotopic (exact) mass is 323 g/mol. The fraction of sp³-hybridized carbons (Fsp3) is 0.385. The number of hydrogen-bond donors (Lipinski definition) is 1.